The van der Waals surface area contributed by atoms with Crippen molar-refractivity contribution in [3.8, 4) is 0 Å². The lowest BCUT2D eigenvalue weighted by Crippen LogP contribution is -2.25. The van der Waals surface area contributed by atoms with Crippen LogP contribution in [0.25, 0.3) is 21.8 Å². The Morgan fingerprint density at radius 2 is 1.97 bits per heavy atom. The number of hydrogen-bond acceptors (Lipinski definition) is 4. The van der Waals surface area contributed by atoms with E-state index < -0.39 is 12.7 Å². The van der Waals surface area contributed by atoms with E-state index in [2.05, 4.69) is 20.5 Å². The average Bonchev–Trinajstić information content (AvgIpc) is 3.19. The summed E-state index contributed by atoms with van der Waals surface area (Å²) >= 11 is 0. The fraction of sp³-hybridized carbons (Fsp3) is 0.300. The van der Waals surface area contributed by atoms with Crippen LogP contribution in [0.1, 0.15) is 17.0 Å². The molecule has 3 aromatic heterocycles. The van der Waals surface area contributed by atoms with E-state index in [9.17, 15) is 18.0 Å². The van der Waals surface area contributed by atoms with Gasteiger partial charge in [-0.05, 0) is 30.7 Å². The molecule has 0 saturated carbocycles. The van der Waals surface area contributed by atoms with Gasteiger partial charge in [0.25, 0.3) is 0 Å². The van der Waals surface area contributed by atoms with Gasteiger partial charge < -0.3 is 5.32 Å². The molecule has 3 heterocycles. The van der Waals surface area contributed by atoms with E-state index in [1.807, 2.05) is 32.2 Å². The molecular formula is C20H19F3N6O. The van der Waals surface area contributed by atoms with E-state index in [1.165, 1.54) is 12.4 Å². The predicted molar refractivity (Wildman–Crippen MR) is 105 cm³/mol. The fourth-order valence-corrected chi connectivity index (χ4v) is 3.45. The second-order valence-electron chi connectivity index (χ2n) is 7.17. The minimum absolute atomic E-state index is 0.174. The van der Waals surface area contributed by atoms with Crippen molar-refractivity contribution in [2.45, 2.75) is 32.6 Å². The van der Waals surface area contributed by atoms with Gasteiger partial charge in [-0.3, -0.25) is 19.1 Å². The maximum absolute atomic E-state index is 12.6. The van der Waals surface area contributed by atoms with Crippen molar-refractivity contribution >= 4 is 27.7 Å². The number of amides is 1. The van der Waals surface area contributed by atoms with Gasteiger partial charge >= 0.3 is 6.18 Å². The van der Waals surface area contributed by atoms with Gasteiger partial charge in [0.2, 0.25) is 5.91 Å². The number of pyridine rings is 1. The highest BCUT2D eigenvalue weighted by Gasteiger charge is 2.29. The summed E-state index contributed by atoms with van der Waals surface area (Å²) in [5.41, 5.74) is 3.61. The number of aromatic nitrogens is 5. The molecule has 7 nitrogen and oxygen atoms in total. The first kappa shape index (κ1) is 19.9. The number of carbonyl (C=O) groups is 1. The van der Waals surface area contributed by atoms with Crippen LogP contribution in [0, 0.1) is 6.92 Å². The first-order valence-corrected chi connectivity index (χ1v) is 9.26. The van der Waals surface area contributed by atoms with Crippen LogP contribution in [0.4, 0.5) is 13.2 Å². The lowest BCUT2D eigenvalue weighted by Gasteiger charge is -2.08. The number of halogens is 3. The minimum Gasteiger partial charge on any atom is -0.350 e. The Labute approximate surface area is 169 Å². The zero-order valence-corrected chi connectivity index (χ0v) is 16.4. The Morgan fingerprint density at radius 1 is 1.17 bits per heavy atom. The van der Waals surface area contributed by atoms with Crippen LogP contribution in [0.2, 0.25) is 0 Å². The van der Waals surface area contributed by atoms with E-state index in [-0.39, 0.29) is 18.9 Å². The largest absolute Gasteiger partial charge is 0.408 e. The molecule has 30 heavy (non-hydrogen) atoms. The summed E-state index contributed by atoms with van der Waals surface area (Å²) in [7, 11) is 1.87. The normalized spacial score (nSPS) is 12.0. The van der Waals surface area contributed by atoms with Gasteiger partial charge in [0.05, 0.1) is 47.8 Å². The van der Waals surface area contributed by atoms with Gasteiger partial charge in [-0.1, -0.05) is 6.07 Å². The first-order valence-electron chi connectivity index (χ1n) is 9.26. The molecule has 1 amide bonds. The third-order valence-corrected chi connectivity index (χ3v) is 4.84. The Bertz CT molecular complexity index is 1240. The van der Waals surface area contributed by atoms with Crippen LogP contribution in [-0.2, 0) is 31.4 Å². The van der Waals surface area contributed by atoms with Gasteiger partial charge in [-0.25, -0.2) is 0 Å². The minimum atomic E-state index is -4.36. The number of aryl methyl sites for hydroxylation is 2. The van der Waals surface area contributed by atoms with Crippen molar-refractivity contribution in [1.29, 1.82) is 0 Å². The van der Waals surface area contributed by atoms with E-state index in [4.69, 9.17) is 0 Å². The van der Waals surface area contributed by atoms with Crippen LogP contribution in [0.15, 0.2) is 36.7 Å². The third-order valence-electron chi connectivity index (χ3n) is 4.84. The molecule has 1 N–H and O–H groups in total. The van der Waals surface area contributed by atoms with Crippen molar-refractivity contribution in [3.05, 3.63) is 53.6 Å². The molecule has 0 unspecified atom stereocenters. The van der Waals surface area contributed by atoms with Crippen LogP contribution in [0.5, 0.6) is 0 Å². The molecular weight excluding hydrogens is 397 g/mol. The number of nitrogens with one attached hydrogen (secondary N) is 1. The number of nitrogens with zero attached hydrogens (tertiary/aromatic N) is 5. The summed E-state index contributed by atoms with van der Waals surface area (Å²) in [5, 5.41) is 12.5. The number of alkyl halides is 3. The molecule has 0 saturated heterocycles. The highest BCUT2D eigenvalue weighted by Crippen LogP contribution is 2.21. The zero-order valence-electron chi connectivity index (χ0n) is 16.4. The molecule has 0 atom stereocenters. The second kappa shape index (κ2) is 7.43. The summed E-state index contributed by atoms with van der Waals surface area (Å²) in [6.07, 6.45) is -1.45. The summed E-state index contributed by atoms with van der Waals surface area (Å²) in [6.45, 7) is 0.924. The van der Waals surface area contributed by atoms with Gasteiger partial charge in [-0.2, -0.15) is 23.4 Å². The van der Waals surface area contributed by atoms with E-state index in [0.29, 0.717) is 16.6 Å². The Kier molecular flexibility index (Phi) is 4.92. The third kappa shape index (κ3) is 4.12. The lowest BCUT2D eigenvalue weighted by molar-refractivity contribution is -0.141. The molecule has 10 heteroatoms. The fourth-order valence-electron chi connectivity index (χ4n) is 3.45. The summed E-state index contributed by atoms with van der Waals surface area (Å²) in [6, 6.07) is 7.41. The van der Waals surface area contributed by atoms with Crippen molar-refractivity contribution < 1.29 is 18.0 Å². The quantitative estimate of drug-likeness (QED) is 0.543. The number of rotatable bonds is 5. The molecule has 0 aliphatic heterocycles. The Balaban J connectivity index is 1.41. The monoisotopic (exact) mass is 416 g/mol. The number of hydrogen-bond donors (Lipinski definition) is 1. The van der Waals surface area contributed by atoms with Crippen LogP contribution in [-0.4, -0.2) is 36.6 Å². The Morgan fingerprint density at radius 3 is 2.73 bits per heavy atom. The van der Waals surface area contributed by atoms with Crippen LogP contribution >= 0.6 is 0 Å². The molecule has 1 aromatic carbocycles. The van der Waals surface area contributed by atoms with Crippen LogP contribution in [0.3, 0.4) is 0 Å². The maximum Gasteiger partial charge on any atom is 0.408 e. The molecule has 0 aliphatic carbocycles. The predicted octanol–water partition coefficient (Wildman–Crippen LogP) is 3.05. The molecule has 0 fully saturated rings. The van der Waals surface area contributed by atoms with Gasteiger partial charge in [0.15, 0.2) is 0 Å². The smallest absolute Gasteiger partial charge is 0.350 e. The van der Waals surface area contributed by atoms with Gasteiger partial charge in [-0.15, -0.1) is 0 Å². The van der Waals surface area contributed by atoms with E-state index in [0.717, 1.165) is 26.8 Å². The van der Waals surface area contributed by atoms with Crippen LogP contribution < -0.4 is 5.32 Å². The number of benzene rings is 1. The van der Waals surface area contributed by atoms with Gasteiger partial charge in [0.1, 0.15) is 6.54 Å². The molecule has 0 radical (unpaired) electrons. The van der Waals surface area contributed by atoms with Crippen molar-refractivity contribution in [2.75, 3.05) is 0 Å². The highest BCUT2D eigenvalue weighted by atomic mass is 19.4. The molecule has 4 rings (SSSR count). The highest BCUT2D eigenvalue weighted by molar-refractivity contribution is 5.85. The number of carbonyl (C=O) groups excluding carboxylic acids is 1. The van der Waals surface area contributed by atoms with Crippen molar-refractivity contribution in [2.24, 2.45) is 7.05 Å². The first-order chi connectivity index (χ1) is 14.2. The second-order valence-corrected chi connectivity index (χ2v) is 7.17. The standard InChI is InChI=1S/C20H19F3N6O/c1-12-16-5-13(3-4-17(16)28(2)27-12)6-19(30)25-9-15-7-14-8-26-29(11-20(21,22)23)18(14)10-24-15/h3-5,7-8,10H,6,9,11H2,1-2H3,(H,25,30). The summed E-state index contributed by atoms with van der Waals surface area (Å²) in [4.78, 5) is 16.5. The molecule has 4 aromatic rings. The van der Waals surface area contributed by atoms with Gasteiger partial charge in [0, 0.05) is 17.8 Å². The lowest BCUT2D eigenvalue weighted by atomic mass is 10.1. The molecule has 0 spiro atoms. The zero-order chi connectivity index (χ0) is 21.5. The van der Waals surface area contributed by atoms with Crippen molar-refractivity contribution in [1.82, 2.24) is 29.9 Å². The van der Waals surface area contributed by atoms with E-state index >= 15 is 0 Å². The molecule has 156 valence electrons. The maximum atomic E-state index is 12.6. The molecule has 0 aliphatic rings. The number of fused-ring (bicyclic) bond motifs is 2. The summed E-state index contributed by atoms with van der Waals surface area (Å²) in [5.74, 6) is -0.175. The SMILES string of the molecule is Cc1nn(C)c2ccc(CC(=O)NCc3cc4cnn(CC(F)(F)F)c4cn3)cc12. The summed E-state index contributed by atoms with van der Waals surface area (Å²) < 4.78 is 40.4. The van der Waals surface area contributed by atoms with E-state index in [1.54, 1.807) is 10.7 Å². The molecule has 0 bridgehead atoms. The topological polar surface area (TPSA) is 77.6 Å². The average molecular weight is 416 g/mol. The van der Waals surface area contributed by atoms with Crippen molar-refractivity contribution in [3.63, 3.8) is 0 Å². The Hall–Kier alpha value is -3.43.